The predicted octanol–water partition coefficient (Wildman–Crippen LogP) is 21.7. The molecule has 28 nitrogen and oxygen atoms in total. The number of hydrogen-bond acceptors (Lipinski definition) is 23. The van der Waals surface area contributed by atoms with Crippen molar-refractivity contribution in [3.63, 3.8) is 0 Å². The van der Waals surface area contributed by atoms with E-state index < -0.39 is 31.8 Å². The number of para-hydroxylation sites is 3. The van der Waals surface area contributed by atoms with Crippen molar-refractivity contribution in [1.29, 1.82) is 0 Å². The number of ketones is 2. The molecule has 2 radical (unpaired) electrons. The summed E-state index contributed by atoms with van der Waals surface area (Å²) in [5.41, 5.74) is 31.2. The van der Waals surface area contributed by atoms with Crippen molar-refractivity contribution < 1.29 is 96.8 Å². The van der Waals surface area contributed by atoms with Crippen LogP contribution in [0.15, 0.2) is 204 Å². The third kappa shape index (κ3) is 52.7. The van der Waals surface area contributed by atoms with Crippen LogP contribution in [0.4, 0.5) is 39.8 Å². The molecule has 4 aromatic heterocycles. The molecule has 9 aromatic rings. The Labute approximate surface area is 797 Å². The molecule has 10 rings (SSSR count). The molecule has 626 valence electrons. The third-order valence-electron chi connectivity index (χ3n) is 13.3. The van der Waals surface area contributed by atoms with E-state index in [0.29, 0.717) is 37.5 Å². The molecule has 0 unspecified atom stereocenters. The molecule has 0 aliphatic carbocycles. The van der Waals surface area contributed by atoms with E-state index in [1.165, 1.54) is 45.9 Å². The van der Waals surface area contributed by atoms with Crippen LogP contribution < -0.4 is 28.4 Å². The Morgan fingerprint density at radius 3 is 1.15 bits per heavy atom. The second-order valence-electron chi connectivity index (χ2n) is 22.6. The van der Waals surface area contributed by atoms with E-state index in [9.17, 15) is 49.5 Å². The molecule has 1 aliphatic rings. The molecule has 0 saturated carbocycles. The number of anilines is 4. The second kappa shape index (κ2) is 65.2. The molecular weight excluding hydrogens is 2370 g/mol. The van der Waals surface area contributed by atoms with Crippen LogP contribution >= 0.6 is 167 Å². The van der Waals surface area contributed by atoms with E-state index in [1.807, 2.05) is 99.7 Å². The largest absolute Gasteiger partial charge is 0.494 e. The van der Waals surface area contributed by atoms with Crippen molar-refractivity contribution in [3.8, 4) is 33.4 Å². The van der Waals surface area contributed by atoms with E-state index in [0.717, 1.165) is 39.8 Å². The van der Waals surface area contributed by atoms with Gasteiger partial charge in [-0.15, -0.1) is 10.1 Å². The van der Waals surface area contributed by atoms with Crippen LogP contribution in [0.1, 0.15) is 110 Å². The molecule has 0 spiro atoms. The third-order valence-corrected chi connectivity index (χ3v) is 14.8. The zero-order valence-corrected chi connectivity index (χ0v) is 82.1. The summed E-state index contributed by atoms with van der Waals surface area (Å²) in [5.74, 6) is -1.33. The number of Topliss-reactive ketones (excluding diaryl/α,β-unsaturated/α-hetero) is 2. The maximum Gasteiger partial charge on any atom is 0.494 e. The Balaban J connectivity index is -0.000000232. The first-order valence-corrected chi connectivity index (χ1v) is 40.7. The topological polar surface area (TPSA) is 444 Å². The smallest absolute Gasteiger partial charge is 0.399 e. The fourth-order valence-corrected chi connectivity index (χ4v) is 8.94. The van der Waals surface area contributed by atoms with Gasteiger partial charge >= 0.3 is 19.1 Å². The molecule has 5 aromatic carbocycles. The van der Waals surface area contributed by atoms with Crippen LogP contribution in [0, 0.1) is 51.8 Å². The molecule has 39 heteroatoms. The van der Waals surface area contributed by atoms with Gasteiger partial charge in [0.25, 0.3) is 22.1 Å². The number of halogens is 8. The number of aromatic nitrogens is 4. The number of carbonyl (C=O) groups is 4. The first kappa shape index (κ1) is 120. The van der Waals surface area contributed by atoms with Crippen molar-refractivity contribution in [2.45, 2.75) is 123 Å². The number of nitrogens with zero attached hydrogens (tertiary/aromatic N) is 8. The second-order valence-corrected chi connectivity index (χ2v) is 44.3. The molecule has 1 saturated heterocycles. The van der Waals surface area contributed by atoms with Gasteiger partial charge in [0.15, 0.2) is 0 Å². The summed E-state index contributed by atoms with van der Waals surface area (Å²) in [6.07, 6.45) is 13.6. The molecule has 0 amide bonds. The van der Waals surface area contributed by atoms with Gasteiger partial charge in [0.2, 0.25) is 0 Å². The molecule has 9 N–H and O–H groups in total. The standard InChI is InChI=1S/C14H12N2O3.C11H16BNO2.C11H9N3O2.C11H11N3.C9H8BrNO3.C6H6BrN.C4H6O3.C2H3I3.C2H4I2.C2H4I.C2H5.2CH4.HNO3.2V.H2/c1-10(17)9-13-12(11-5-7-15-8-6-11)3-2-4-14(13)16(18)19;1-10(2)11(3,4)15-12(14-10)9-5-7-13-8-6-9;12-11-9(8-4-6-13-7-5-8)2-1-3-10(11)14(15)16;12-10-3-1-2-9(11(10)13)8-4-6-14-7-5-8;1-6(12)5-7-8(10)3-2-4-9(7)11(13)14;7-5-3-1-2-4-6(5)8;1-3(5)7-4(2)6;1-2(3,4)5;1-2(3)4;1-2-3;1-2;;;2-1(3)4;;;/h2-8H,9H2,1H3;5-8H,1-4H3;1-7H,12H2;1-7H,12-13H2;2-4H,5H2,1H3;1-4H,8H2;1-2H3;1H3;2H,1H3;2H,1H3;1H2,2H3;2*1H4;(H,2,3,4);;;1H/q;;;;;;;;;2*-1;;;;;;. The molecule has 115 heavy (non-hydrogen) atoms. The van der Waals surface area contributed by atoms with Crippen LogP contribution in [0.25, 0.3) is 33.4 Å². The molecular formula is C76H95BBr2I6N12O16V2-2. The van der Waals surface area contributed by atoms with E-state index in [4.69, 9.17) is 47.6 Å². The van der Waals surface area contributed by atoms with Gasteiger partial charge in [0, 0.05) is 164 Å². The van der Waals surface area contributed by atoms with Crippen molar-refractivity contribution >= 4 is 243 Å². The summed E-state index contributed by atoms with van der Waals surface area (Å²) in [7, 11) is -0.280. The van der Waals surface area contributed by atoms with Gasteiger partial charge in [0.05, 0.1) is 44.8 Å². The fourth-order valence-electron chi connectivity index (χ4n) is 8.16. The van der Waals surface area contributed by atoms with Crippen LogP contribution in [-0.4, -0.2) is 88.2 Å². The Kier molecular flexibility index (Phi) is 68.1. The fraction of sp³-hybridized carbons (Fsp3) is 0.263. The van der Waals surface area contributed by atoms with Gasteiger partial charge in [-0.3, -0.25) is 73.9 Å². The van der Waals surface area contributed by atoms with Crippen LogP contribution in [0.2, 0.25) is 0 Å². The monoisotopic (exact) mass is 2460 g/mol. The predicted molar refractivity (Wildman–Crippen MR) is 513 cm³/mol. The van der Waals surface area contributed by atoms with Gasteiger partial charge in [-0.2, -0.15) is 13.8 Å². The van der Waals surface area contributed by atoms with E-state index in [1.54, 1.807) is 123 Å². The number of esters is 2. The minimum Gasteiger partial charge on any atom is -0.399 e. The van der Waals surface area contributed by atoms with Gasteiger partial charge in [0.1, 0.15) is 16.7 Å². The maximum atomic E-state index is 11.3. The van der Waals surface area contributed by atoms with Gasteiger partial charge in [-0.1, -0.05) is 198 Å². The molecule has 5 heterocycles. The summed E-state index contributed by atoms with van der Waals surface area (Å²) in [6.45, 7) is 24.7. The van der Waals surface area contributed by atoms with Gasteiger partial charge < -0.3 is 71.7 Å². The van der Waals surface area contributed by atoms with Crippen LogP contribution in [0.3, 0.4) is 0 Å². The average molecular weight is 2470 g/mol. The minimum absolute atomic E-state index is 0. The Morgan fingerprint density at radius 2 is 0.826 bits per heavy atom. The number of nitro groups is 3. The number of ether oxygens (including phenoxy) is 1. The quantitative estimate of drug-likeness (QED) is 0.00924. The molecule has 0 atom stereocenters. The average Bonchev–Trinajstić information content (AvgIpc) is 1.63. The van der Waals surface area contributed by atoms with Crippen LogP contribution in [-0.2, 0) is 83.2 Å². The number of carbonyl (C=O) groups excluding carboxylic acids is 4. The normalized spacial score (nSPS) is 10.9. The van der Waals surface area contributed by atoms with E-state index in [2.05, 4.69) is 213 Å². The SMILES string of the molecule is C.C.CC(=O)Cc1c(-c2ccncc2)cccc1[N+](=O)[O-].CC(=O)Cc1c(Br)cccc1[N+](=O)[O-].CC(=O)OC(C)=O.CC(I)(I)I.CC(I)I.CC1(C)OB(c2ccncc2)OC1(C)C.C[CH-]I.Nc1c(-c2ccncc2)cccc1[N+](=O)[O-].Nc1cccc(-c2ccncc2)c1N.Nc1ccccc1Br.O=[N+]([O-])O.[CH2-]C.[HH].[V].[V]. The number of nitrogens with two attached hydrogens (primary N) is 4. The number of nitrogen functional groups attached to an aromatic ring is 4. The summed E-state index contributed by atoms with van der Waals surface area (Å²) in [5, 5.41) is 46.1. The Bertz CT molecular complexity index is 4310. The number of hydrogen-bond donors (Lipinski definition) is 5. The van der Waals surface area contributed by atoms with Crippen molar-refractivity contribution in [2.75, 3.05) is 22.9 Å². The molecule has 1 aliphatic heterocycles. The first-order valence-electron chi connectivity index (χ1n) is 32.1. The van der Waals surface area contributed by atoms with Crippen molar-refractivity contribution in [3.05, 3.63) is 267 Å². The summed E-state index contributed by atoms with van der Waals surface area (Å²) in [6, 6.07) is 42.2. The summed E-state index contributed by atoms with van der Waals surface area (Å²) >= 11 is 20.3. The number of pyridine rings is 4. The summed E-state index contributed by atoms with van der Waals surface area (Å²) < 4.78 is 20.5. The molecule has 1 fully saturated rings. The number of alkyl halides is 5. The minimum atomic E-state index is -1.50. The molecule has 0 bridgehead atoms. The van der Waals surface area contributed by atoms with Crippen molar-refractivity contribution in [1.82, 2.24) is 19.9 Å². The number of rotatable bonds is 11. The van der Waals surface area contributed by atoms with Gasteiger partial charge in [-0.25, -0.2) is 0 Å². The van der Waals surface area contributed by atoms with Gasteiger partial charge in [-0.05, 0) is 172 Å². The van der Waals surface area contributed by atoms with Crippen molar-refractivity contribution in [2.24, 2.45) is 0 Å². The van der Waals surface area contributed by atoms with E-state index in [-0.39, 0.29) is 119 Å². The maximum absolute atomic E-state index is 11.3. The van der Waals surface area contributed by atoms with Crippen LogP contribution in [0.5, 0.6) is 0 Å². The first-order chi connectivity index (χ1) is 51.8. The summed E-state index contributed by atoms with van der Waals surface area (Å²) in [4.78, 5) is 96.9. The Morgan fingerprint density at radius 1 is 0.548 bits per heavy atom. The number of benzene rings is 5. The number of nitro benzene ring substituents is 3. The Hall–Kier alpha value is -5.73. The zero-order valence-electron chi connectivity index (χ0n) is 63.2. The van der Waals surface area contributed by atoms with E-state index >= 15 is 0 Å². The zero-order chi connectivity index (χ0) is 85.4.